The third kappa shape index (κ3) is 4.25. The lowest BCUT2D eigenvalue weighted by atomic mass is 9.80. The van der Waals surface area contributed by atoms with E-state index in [1.54, 1.807) is 6.07 Å². The summed E-state index contributed by atoms with van der Waals surface area (Å²) in [5.41, 5.74) is 1.91. The summed E-state index contributed by atoms with van der Waals surface area (Å²) in [6.45, 7) is 7.89. The largest absolute Gasteiger partial charge is 0.370 e. The van der Waals surface area contributed by atoms with Crippen LogP contribution in [0.3, 0.4) is 0 Å². The molecule has 0 spiro atoms. The summed E-state index contributed by atoms with van der Waals surface area (Å²) < 4.78 is 34.2. The van der Waals surface area contributed by atoms with Crippen LogP contribution in [-0.4, -0.2) is 46.8 Å². The van der Waals surface area contributed by atoms with Gasteiger partial charge in [-0.1, -0.05) is 24.1 Å². The first-order valence-electron chi connectivity index (χ1n) is 9.43. The highest BCUT2D eigenvalue weighted by molar-refractivity contribution is 7.89. The predicted molar refractivity (Wildman–Crippen MR) is 98.4 cm³/mol. The molecule has 5 nitrogen and oxygen atoms in total. The third-order valence-electron chi connectivity index (χ3n) is 5.88. The van der Waals surface area contributed by atoms with Gasteiger partial charge in [0.15, 0.2) is 0 Å². The number of hydrogen-bond acceptors (Lipinski definition) is 3. The lowest BCUT2D eigenvalue weighted by Crippen LogP contribution is -3.23. The summed E-state index contributed by atoms with van der Waals surface area (Å²) in [4.78, 5) is 1.92. The van der Waals surface area contributed by atoms with E-state index >= 15 is 0 Å². The first kappa shape index (κ1) is 18.8. The summed E-state index contributed by atoms with van der Waals surface area (Å²) in [5, 5.41) is 0. The van der Waals surface area contributed by atoms with Gasteiger partial charge in [0.25, 0.3) is 0 Å². The van der Waals surface area contributed by atoms with E-state index in [4.69, 9.17) is 4.74 Å². The normalized spacial score (nSPS) is 22.0. The van der Waals surface area contributed by atoms with Crippen molar-refractivity contribution >= 4 is 10.0 Å². The van der Waals surface area contributed by atoms with E-state index in [0.717, 1.165) is 50.3 Å². The number of quaternary nitrogens is 1. The Morgan fingerprint density at radius 2 is 1.80 bits per heavy atom. The summed E-state index contributed by atoms with van der Waals surface area (Å²) >= 11 is 0. The number of aryl methyl sites for hydroxylation is 2. The molecule has 0 radical (unpaired) electrons. The first-order chi connectivity index (χ1) is 11.9. The topological polar surface area (TPSA) is 59.8 Å². The van der Waals surface area contributed by atoms with Gasteiger partial charge < -0.3 is 9.64 Å². The van der Waals surface area contributed by atoms with E-state index < -0.39 is 10.0 Å². The molecule has 1 aliphatic carbocycles. The summed E-state index contributed by atoms with van der Waals surface area (Å²) in [6, 6.07) is 5.52. The van der Waals surface area contributed by atoms with Gasteiger partial charge in [0.1, 0.15) is 18.6 Å². The van der Waals surface area contributed by atoms with Crippen LogP contribution in [0.2, 0.25) is 0 Å². The Bertz CT molecular complexity index is 691. The Labute approximate surface area is 151 Å². The summed E-state index contributed by atoms with van der Waals surface area (Å²) in [7, 11) is -3.48. The van der Waals surface area contributed by atoms with Crippen molar-refractivity contribution in [1.29, 1.82) is 0 Å². The van der Waals surface area contributed by atoms with Gasteiger partial charge in [0, 0.05) is 12.8 Å². The molecule has 2 N–H and O–H groups in total. The molecule has 6 heteroatoms. The molecule has 1 saturated carbocycles. The Kier molecular flexibility index (Phi) is 5.83. The highest BCUT2D eigenvalue weighted by atomic mass is 32.2. The minimum absolute atomic E-state index is 0.0215. The van der Waals surface area contributed by atoms with Crippen LogP contribution in [0.15, 0.2) is 23.1 Å². The fourth-order valence-corrected chi connectivity index (χ4v) is 5.80. The van der Waals surface area contributed by atoms with Crippen molar-refractivity contribution in [2.75, 3.05) is 32.8 Å². The second-order valence-corrected chi connectivity index (χ2v) is 9.39. The van der Waals surface area contributed by atoms with E-state index in [1.165, 1.54) is 24.2 Å². The standard InChI is InChI=1S/C19H30N2O3S/c1-16-6-7-18(17(2)14-16)25(22,23)20-15-19(8-4-3-5-9-19)21-10-12-24-13-11-21/h6-7,14,20H,3-5,8-13,15H2,1-2H3/p+1. The molecule has 1 aliphatic heterocycles. The quantitative estimate of drug-likeness (QED) is 0.822. The van der Waals surface area contributed by atoms with Crippen molar-refractivity contribution in [3.8, 4) is 0 Å². The van der Waals surface area contributed by atoms with Crippen molar-refractivity contribution in [2.45, 2.75) is 56.4 Å². The zero-order chi connectivity index (χ0) is 17.9. The Hall–Kier alpha value is -0.950. The molecule has 3 rings (SSSR count). The van der Waals surface area contributed by atoms with Crippen molar-refractivity contribution in [3.05, 3.63) is 29.3 Å². The maximum atomic E-state index is 12.9. The average Bonchev–Trinajstić information content (AvgIpc) is 2.61. The van der Waals surface area contributed by atoms with Crippen molar-refractivity contribution < 1.29 is 18.1 Å². The lowest BCUT2D eigenvalue weighted by molar-refractivity contribution is -0.960. The molecule has 2 aliphatic rings. The van der Waals surface area contributed by atoms with Gasteiger partial charge in [0.2, 0.25) is 10.0 Å². The first-order valence-corrected chi connectivity index (χ1v) is 10.9. The second kappa shape index (κ2) is 7.74. The molecule has 0 aromatic heterocycles. The van der Waals surface area contributed by atoms with Gasteiger partial charge in [-0.2, -0.15) is 0 Å². The van der Waals surface area contributed by atoms with Crippen LogP contribution in [0.5, 0.6) is 0 Å². The van der Waals surface area contributed by atoms with Crippen molar-refractivity contribution in [3.63, 3.8) is 0 Å². The van der Waals surface area contributed by atoms with E-state index in [0.29, 0.717) is 11.4 Å². The number of benzene rings is 1. The van der Waals surface area contributed by atoms with Crippen LogP contribution >= 0.6 is 0 Å². The van der Waals surface area contributed by atoms with Crippen LogP contribution in [-0.2, 0) is 14.8 Å². The highest BCUT2D eigenvalue weighted by Crippen LogP contribution is 2.26. The minimum Gasteiger partial charge on any atom is -0.370 e. The highest BCUT2D eigenvalue weighted by Gasteiger charge is 2.43. The maximum Gasteiger partial charge on any atom is 0.241 e. The Balaban J connectivity index is 1.78. The molecule has 1 aromatic rings. The number of ether oxygens (including phenoxy) is 1. The molecular weight excluding hydrogens is 336 g/mol. The zero-order valence-corrected chi connectivity index (χ0v) is 16.3. The van der Waals surface area contributed by atoms with Crippen LogP contribution in [0, 0.1) is 13.8 Å². The third-order valence-corrected chi connectivity index (χ3v) is 7.44. The van der Waals surface area contributed by atoms with Gasteiger partial charge in [-0.15, -0.1) is 0 Å². The van der Waals surface area contributed by atoms with E-state index in [1.807, 2.05) is 26.0 Å². The van der Waals surface area contributed by atoms with Crippen LogP contribution in [0.25, 0.3) is 0 Å². The summed E-state index contributed by atoms with van der Waals surface area (Å²) in [5.74, 6) is 0. The lowest BCUT2D eigenvalue weighted by Gasteiger charge is -2.45. The van der Waals surface area contributed by atoms with Gasteiger partial charge >= 0.3 is 0 Å². The molecule has 0 amide bonds. The number of nitrogens with one attached hydrogen (secondary N) is 2. The Morgan fingerprint density at radius 1 is 1.12 bits per heavy atom. The molecule has 0 bridgehead atoms. The van der Waals surface area contributed by atoms with Gasteiger partial charge in [0.05, 0.1) is 24.7 Å². The molecule has 1 heterocycles. The smallest absolute Gasteiger partial charge is 0.241 e. The van der Waals surface area contributed by atoms with Gasteiger partial charge in [-0.05, 0) is 38.3 Å². The molecule has 1 saturated heterocycles. The minimum atomic E-state index is -3.48. The fourth-order valence-electron chi connectivity index (χ4n) is 4.44. The molecule has 1 aromatic carbocycles. The molecular formula is C19H31N2O3S+. The predicted octanol–water partition coefficient (Wildman–Crippen LogP) is 1.20. The zero-order valence-electron chi connectivity index (χ0n) is 15.4. The van der Waals surface area contributed by atoms with Crippen LogP contribution in [0.1, 0.15) is 43.2 Å². The average molecular weight is 368 g/mol. The maximum absolute atomic E-state index is 12.9. The molecule has 140 valence electrons. The van der Waals surface area contributed by atoms with E-state index in [9.17, 15) is 8.42 Å². The number of morpholine rings is 1. The molecule has 0 unspecified atom stereocenters. The molecule has 25 heavy (non-hydrogen) atoms. The number of hydrogen-bond donors (Lipinski definition) is 2. The monoisotopic (exact) mass is 367 g/mol. The molecule has 2 fully saturated rings. The second-order valence-electron chi connectivity index (χ2n) is 7.65. The molecule has 0 atom stereocenters. The fraction of sp³-hybridized carbons (Fsp3) is 0.684. The van der Waals surface area contributed by atoms with E-state index in [-0.39, 0.29) is 5.54 Å². The van der Waals surface area contributed by atoms with Gasteiger partial charge in [-0.25, -0.2) is 13.1 Å². The van der Waals surface area contributed by atoms with Crippen LogP contribution < -0.4 is 9.62 Å². The number of sulfonamides is 1. The Morgan fingerprint density at radius 3 is 2.44 bits per heavy atom. The van der Waals surface area contributed by atoms with Crippen LogP contribution in [0.4, 0.5) is 0 Å². The van der Waals surface area contributed by atoms with Crippen molar-refractivity contribution in [1.82, 2.24) is 4.72 Å². The van der Waals surface area contributed by atoms with Crippen molar-refractivity contribution in [2.24, 2.45) is 0 Å². The van der Waals surface area contributed by atoms with Gasteiger partial charge in [-0.3, -0.25) is 0 Å². The number of rotatable bonds is 5. The SMILES string of the molecule is Cc1ccc(S(=O)(=O)NCC2([NH+]3CCOCC3)CCCCC2)c(C)c1. The summed E-state index contributed by atoms with van der Waals surface area (Å²) in [6.07, 6.45) is 5.83. The van der Waals surface area contributed by atoms with E-state index in [2.05, 4.69) is 4.72 Å².